The molecule has 0 amide bonds. The molecule has 0 saturated heterocycles. The molecule has 0 aromatic carbocycles. The third-order valence-electron chi connectivity index (χ3n) is 2.99. The molecule has 1 aliphatic rings. The molecule has 6 N–H and O–H groups in total. The second kappa shape index (κ2) is 2.98. The highest BCUT2D eigenvalue weighted by Gasteiger charge is 2.42. The van der Waals surface area contributed by atoms with Crippen LogP contribution < -0.4 is 22.0 Å². The molecule has 1 atom stereocenters. The van der Waals surface area contributed by atoms with Crippen molar-refractivity contribution in [2.24, 2.45) is 11.6 Å². The molecule has 0 bridgehead atoms. The zero-order valence-electron chi connectivity index (χ0n) is 9.07. The van der Waals surface area contributed by atoms with Crippen LogP contribution in [0.15, 0.2) is 12.0 Å². The monoisotopic (exact) mass is 209 g/mol. The zero-order valence-corrected chi connectivity index (χ0v) is 9.07. The summed E-state index contributed by atoms with van der Waals surface area (Å²) < 4.78 is 1.79. The highest BCUT2D eigenvalue weighted by molar-refractivity contribution is 5.70. The van der Waals surface area contributed by atoms with Crippen LogP contribution in [0.2, 0.25) is 0 Å². The first-order valence-electron chi connectivity index (χ1n) is 5.06. The second-order valence-electron chi connectivity index (χ2n) is 3.67. The molecule has 0 fully saturated rings. The maximum Gasteiger partial charge on any atom is 0.251 e. The molecule has 1 aliphatic heterocycles. The van der Waals surface area contributed by atoms with Crippen LogP contribution in [0.3, 0.4) is 0 Å². The van der Waals surface area contributed by atoms with Crippen molar-refractivity contribution in [2.45, 2.75) is 20.3 Å². The summed E-state index contributed by atoms with van der Waals surface area (Å²) in [6, 6.07) is 0. The summed E-state index contributed by atoms with van der Waals surface area (Å²) in [4.78, 5) is 4.07. The van der Waals surface area contributed by atoms with Crippen molar-refractivity contribution in [2.75, 3.05) is 12.3 Å². The van der Waals surface area contributed by atoms with Gasteiger partial charge in [-0.25, -0.2) is 4.98 Å². The Labute approximate surface area is 88.5 Å². The number of nitrogens with two attached hydrogens (primary N) is 3. The fourth-order valence-corrected chi connectivity index (χ4v) is 2.09. The first kappa shape index (κ1) is 10.0. The van der Waals surface area contributed by atoms with Gasteiger partial charge >= 0.3 is 0 Å². The van der Waals surface area contributed by atoms with Gasteiger partial charge in [0.05, 0.1) is 11.8 Å². The molecule has 0 saturated carbocycles. The lowest BCUT2D eigenvalue weighted by Gasteiger charge is -2.27. The molecule has 0 radical (unpaired) electrons. The average Bonchev–Trinajstić information content (AvgIpc) is 2.69. The summed E-state index contributed by atoms with van der Waals surface area (Å²) in [5.41, 5.74) is 13.8. The summed E-state index contributed by atoms with van der Waals surface area (Å²) in [6.07, 6.45) is 2.55. The smallest absolute Gasteiger partial charge is 0.251 e. The number of quaternary nitrogens is 1. The number of fused-ring (bicyclic) bond motifs is 1. The van der Waals surface area contributed by atoms with Gasteiger partial charge in [0.2, 0.25) is 5.82 Å². The molecule has 6 heteroatoms. The number of anilines is 1. The van der Waals surface area contributed by atoms with Gasteiger partial charge in [-0.05, 0) is 13.3 Å². The second-order valence-corrected chi connectivity index (χ2v) is 3.67. The first-order valence-corrected chi connectivity index (χ1v) is 5.06. The van der Waals surface area contributed by atoms with Crippen LogP contribution in [0, 0.1) is 0 Å². The van der Waals surface area contributed by atoms with E-state index in [0.29, 0.717) is 18.3 Å². The molecule has 0 spiro atoms. The Balaban J connectivity index is 2.70. The van der Waals surface area contributed by atoms with E-state index < -0.39 is 0 Å². The number of imidazole rings is 1. The number of allylic oxidation sites excluding steroid dienone is 1. The minimum Gasteiger partial charge on any atom is -0.365 e. The Morgan fingerprint density at radius 3 is 2.60 bits per heavy atom. The van der Waals surface area contributed by atoms with Gasteiger partial charge in [-0.2, -0.15) is 0 Å². The molecule has 6 nitrogen and oxygen atoms in total. The number of nitrogen functional groups attached to an aromatic ring is 1. The van der Waals surface area contributed by atoms with E-state index in [9.17, 15) is 0 Å². The van der Waals surface area contributed by atoms with E-state index >= 15 is 0 Å². The van der Waals surface area contributed by atoms with Crippen molar-refractivity contribution in [3.8, 4) is 0 Å². The summed E-state index contributed by atoms with van der Waals surface area (Å²) in [7, 11) is 0. The van der Waals surface area contributed by atoms with E-state index in [2.05, 4.69) is 4.98 Å². The van der Waals surface area contributed by atoms with E-state index in [1.165, 1.54) is 0 Å². The quantitative estimate of drug-likeness (QED) is 0.466. The third kappa shape index (κ3) is 1.03. The standard InChI is InChI=1S/C9H17N6/c1-3-6-7-5-13-9(11)14(7)15(12,4-2)8(6)10/h5H,3-4,10,12H2,1-2H3,(H2,11,13)/q+1. The van der Waals surface area contributed by atoms with Crippen molar-refractivity contribution in [3.63, 3.8) is 0 Å². The number of rotatable bonds is 2. The van der Waals surface area contributed by atoms with Gasteiger partial charge < -0.3 is 11.5 Å². The van der Waals surface area contributed by atoms with E-state index in [-0.39, 0.29) is 4.70 Å². The number of nitrogens with zero attached hydrogens (tertiary/aromatic N) is 3. The lowest BCUT2D eigenvalue weighted by molar-refractivity contribution is 0.196. The van der Waals surface area contributed by atoms with Gasteiger partial charge in [-0.3, -0.25) is 0 Å². The van der Waals surface area contributed by atoms with Crippen molar-refractivity contribution >= 4 is 11.5 Å². The van der Waals surface area contributed by atoms with E-state index in [1.54, 1.807) is 10.9 Å². The van der Waals surface area contributed by atoms with Crippen molar-refractivity contribution in [1.29, 1.82) is 0 Å². The Kier molecular flexibility index (Phi) is 1.99. The summed E-state index contributed by atoms with van der Waals surface area (Å²) >= 11 is 0. The molecular weight excluding hydrogens is 192 g/mol. The Bertz CT molecular complexity index is 432. The van der Waals surface area contributed by atoms with Crippen LogP contribution in [-0.4, -0.2) is 16.2 Å². The predicted molar refractivity (Wildman–Crippen MR) is 60.3 cm³/mol. The molecule has 82 valence electrons. The molecule has 0 aliphatic carbocycles. The van der Waals surface area contributed by atoms with Crippen LogP contribution >= 0.6 is 0 Å². The molecule has 2 heterocycles. The van der Waals surface area contributed by atoms with E-state index in [4.69, 9.17) is 17.3 Å². The predicted octanol–water partition coefficient (Wildman–Crippen LogP) is -0.151. The van der Waals surface area contributed by atoms with Crippen LogP contribution in [0.25, 0.3) is 5.57 Å². The van der Waals surface area contributed by atoms with Gasteiger partial charge in [0.15, 0.2) is 0 Å². The lowest BCUT2D eigenvalue weighted by atomic mass is 10.1. The lowest BCUT2D eigenvalue weighted by Crippen LogP contribution is -2.63. The third-order valence-corrected chi connectivity index (χ3v) is 2.99. The summed E-state index contributed by atoms with van der Waals surface area (Å²) in [5, 5.41) is 0. The number of aromatic nitrogens is 2. The number of hydrogen-bond acceptors (Lipinski definition) is 4. The Morgan fingerprint density at radius 1 is 1.40 bits per heavy atom. The van der Waals surface area contributed by atoms with Gasteiger partial charge in [0.25, 0.3) is 5.95 Å². The molecule has 1 aromatic heterocycles. The number of hydrogen-bond donors (Lipinski definition) is 3. The van der Waals surface area contributed by atoms with E-state index in [1.807, 2.05) is 13.8 Å². The largest absolute Gasteiger partial charge is 0.365 e. The summed E-state index contributed by atoms with van der Waals surface area (Å²) in [5.74, 6) is 7.28. The van der Waals surface area contributed by atoms with Gasteiger partial charge in [-0.1, -0.05) is 11.6 Å². The van der Waals surface area contributed by atoms with Crippen molar-refractivity contribution in [1.82, 2.24) is 14.4 Å². The van der Waals surface area contributed by atoms with Crippen molar-refractivity contribution in [3.05, 3.63) is 17.7 Å². The molecule has 1 aromatic rings. The highest BCUT2D eigenvalue weighted by atomic mass is 15.9. The SMILES string of the molecule is CCC1=C(N)[N+](N)(CC)n2c1cnc2N. The van der Waals surface area contributed by atoms with Crippen LogP contribution in [0.4, 0.5) is 5.95 Å². The average molecular weight is 209 g/mol. The topological polar surface area (TPSA) is 95.9 Å². The minimum atomic E-state index is 0.0182. The Hall–Kier alpha value is -1.53. The van der Waals surface area contributed by atoms with Crippen LogP contribution in [-0.2, 0) is 0 Å². The minimum absolute atomic E-state index is 0.0182. The molecule has 2 rings (SSSR count). The fourth-order valence-electron chi connectivity index (χ4n) is 2.09. The van der Waals surface area contributed by atoms with Crippen LogP contribution in [0.5, 0.6) is 0 Å². The fraction of sp³-hybridized carbons (Fsp3) is 0.444. The first-order chi connectivity index (χ1) is 7.06. The van der Waals surface area contributed by atoms with Gasteiger partial charge in [0, 0.05) is 0 Å². The molecule has 15 heavy (non-hydrogen) atoms. The Morgan fingerprint density at radius 2 is 2.07 bits per heavy atom. The summed E-state index contributed by atoms with van der Waals surface area (Å²) in [6.45, 7) is 4.65. The maximum atomic E-state index is 6.22. The zero-order chi connectivity index (χ0) is 11.2. The molecular formula is C9H17N6+. The van der Waals surface area contributed by atoms with Gasteiger partial charge in [-0.15, -0.1) is 10.5 Å². The normalized spacial score (nSPS) is 24.7. The van der Waals surface area contributed by atoms with Gasteiger partial charge in [0.1, 0.15) is 12.2 Å². The van der Waals surface area contributed by atoms with E-state index in [0.717, 1.165) is 17.7 Å². The van der Waals surface area contributed by atoms with Crippen LogP contribution in [0.1, 0.15) is 26.0 Å². The van der Waals surface area contributed by atoms with Crippen molar-refractivity contribution < 1.29 is 0 Å². The maximum absolute atomic E-state index is 6.22. The highest BCUT2D eigenvalue weighted by Crippen LogP contribution is 2.32. The molecule has 1 unspecified atom stereocenters.